The minimum Gasteiger partial charge on any atom is -0.349 e. The van der Waals surface area contributed by atoms with Gasteiger partial charge in [0.1, 0.15) is 0 Å². The van der Waals surface area contributed by atoms with Gasteiger partial charge in [-0.3, -0.25) is 0 Å². The van der Waals surface area contributed by atoms with Gasteiger partial charge in [0.2, 0.25) is 0 Å². The third-order valence-corrected chi connectivity index (χ3v) is 2.31. The lowest BCUT2D eigenvalue weighted by atomic mass is 10.1. The van der Waals surface area contributed by atoms with Gasteiger partial charge in [0, 0.05) is 6.42 Å². The zero-order valence-electron chi connectivity index (χ0n) is 8.69. The topological polar surface area (TPSA) is 18.5 Å². The van der Waals surface area contributed by atoms with Crippen molar-refractivity contribution in [3.8, 4) is 0 Å². The lowest BCUT2D eigenvalue weighted by Gasteiger charge is -2.15. The highest BCUT2D eigenvalue weighted by atomic mass is 16.7. The lowest BCUT2D eigenvalue weighted by Crippen LogP contribution is -2.23. The predicted octanol–water partition coefficient (Wildman–Crippen LogP) is 2.38. The Labute approximate surface area is 84.8 Å². The van der Waals surface area contributed by atoms with Crippen LogP contribution in [0.4, 0.5) is 0 Å². The first-order valence-electron chi connectivity index (χ1n) is 4.99. The molecule has 0 saturated carbocycles. The van der Waals surface area contributed by atoms with Gasteiger partial charge in [-0.1, -0.05) is 30.3 Å². The monoisotopic (exact) mass is 192 g/mol. The minimum atomic E-state index is -0.126. The molecule has 2 nitrogen and oxygen atoms in total. The maximum absolute atomic E-state index is 5.73. The van der Waals surface area contributed by atoms with Crippen molar-refractivity contribution < 1.29 is 9.47 Å². The Morgan fingerprint density at radius 3 is 2.57 bits per heavy atom. The van der Waals surface area contributed by atoms with Gasteiger partial charge in [-0.2, -0.15) is 0 Å². The number of hydrogen-bond acceptors (Lipinski definition) is 2. The van der Waals surface area contributed by atoms with Crippen LogP contribution in [-0.4, -0.2) is 18.5 Å². The zero-order chi connectivity index (χ0) is 10.0. The van der Waals surface area contributed by atoms with Crippen LogP contribution in [0, 0.1) is 0 Å². The smallest absolute Gasteiger partial charge is 0.162 e. The molecule has 1 aromatic carbocycles. The average Bonchev–Trinajstić information content (AvgIpc) is 2.47. The molecule has 1 aliphatic heterocycles. The van der Waals surface area contributed by atoms with Crippen LogP contribution >= 0.6 is 0 Å². The molecule has 1 aromatic rings. The van der Waals surface area contributed by atoms with Gasteiger partial charge in [-0.25, -0.2) is 0 Å². The Morgan fingerprint density at radius 1 is 1.29 bits per heavy atom. The normalized spacial score (nSPS) is 25.1. The molecule has 1 unspecified atom stereocenters. The fraction of sp³-hybridized carbons (Fsp3) is 0.500. The maximum atomic E-state index is 5.73. The van der Waals surface area contributed by atoms with Crippen LogP contribution in [0.1, 0.15) is 19.4 Å². The third-order valence-electron chi connectivity index (χ3n) is 2.31. The second-order valence-electron chi connectivity index (χ2n) is 4.31. The van der Waals surface area contributed by atoms with Crippen LogP contribution in [0.15, 0.2) is 30.3 Å². The number of rotatable bonds is 2. The van der Waals surface area contributed by atoms with E-state index in [1.54, 1.807) is 0 Å². The molecule has 0 aromatic heterocycles. The van der Waals surface area contributed by atoms with Gasteiger partial charge < -0.3 is 9.47 Å². The molecule has 1 heterocycles. The molecular weight excluding hydrogens is 176 g/mol. The molecule has 1 saturated heterocycles. The molecule has 0 radical (unpaired) electrons. The molecule has 2 heteroatoms. The Bertz CT molecular complexity index is 292. The summed E-state index contributed by atoms with van der Waals surface area (Å²) in [4.78, 5) is 0. The summed E-state index contributed by atoms with van der Waals surface area (Å²) in [6, 6.07) is 10.3. The molecule has 14 heavy (non-hydrogen) atoms. The van der Waals surface area contributed by atoms with Crippen LogP contribution in [0.3, 0.4) is 0 Å². The second-order valence-corrected chi connectivity index (χ2v) is 4.31. The Morgan fingerprint density at radius 2 is 2.00 bits per heavy atom. The standard InChI is InChI=1S/C12H16O2/c1-12(2)9-13-11(14-12)8-10-6-4-3-5-7-10/h3-7,11H,8-9H2,1-2H3. The molecule has 1 fully saturated rings. The molecule has 1 aliphatic rings. The second kappa shape index (κ2) is 3.71. The van der Waals surface area contributed by atoms with Gasteiger partial charge in [-0.05, 0) is 19.4 Å². The van der Waals surface area contributed by atoms with Crippen molar-refractivity contribution in [2.24, 2.45) is 0 Å². The largest absolute Gasteiger partial charge is 0.349 e. The van der Waals surface area contributed by atoms with E-state index in [0.717, 1.165) is 6.42 Å². The van der Waals surface area contributed by atoms with Crippen molar-refractivity contribution in [2.75, 3.05) is 6.61 Å². The SMILES string of the molecule is CC1(C)COC(Cc2ccccc2)O1. The summed E-state index contributed by atoms with van der Waals surface area (Å²) < 4.78 is 11.3. The van der Waals surface area contributed by atoms with E-state index < -0.39 is 0 Å². The van der Waals surface area contributed by atoms with Crippen LogP contribution in [0.2, 0.25) is 0 Å². The predicted molar refractivity (Wildman–Crippen MR) is 55.1 cm³/mol. The van der Waals surface area contributed by atoms with E-state index in [-0.39, 0.29) is 11.9 Å². The Kier molecular flexibility index (Phi) is 2.57. The van der Waals surface area contributed by atoms with Gasteiger partial charge in [0.25, 0.3) is 0 Å². The highest BCUT2D eigenvalue weighted by molar-refractivity contribution is 5.15. The highest BCUT2D eigenvalue weighted by Gasteiger charge is 2.32. The first kappa shape index (κ1) is 9.69. The number of hydrogen-bond donors (Lipinski definition) is 0. The number of benzene rings is 1. The van der Waals surface area contributed by atoms with Crippen LogP contribution in [0.5, 0.6) is 0 Å². The van der Waals surface area contributed by atoms with E-state index in [1.165, 1.54) is 5.56 Å². The van der Waals surface area contributed by atoms with Crippen molar-refractivity contribution in [1.29, 1.82) is 0 Å². The summed E-state index contributed by atoms with van der Waals surface area (Å²) in [5, 5.41) is 0. The quantitative estimate of drug-likeness (QED) is 0.716. The fourth-order valence-corrected chi connectivity index (χ4v) is 1.62. The first-order chi connectivity index (χ1) is 6.66. The van der Waals surface area contributed by atoms with Crippen molar-refractivity contribution in [3.63, 3.8) is 0 Å². The fourth-order valence-electron chi connectivity index (χ4n) is 1.62. The molecule has 0 amide bonds. The first-order valence-corrected chi connectivity index (χ1v) is 4.99. The lowest BCUT2D eigenvalue weighted by molar-refractivity contribution is -0.0766. The molecule has 2 rings (SSSR count). The highest BCUT2D eigenvalue weighted by Crippen LogP contribution is 2.24. The summed E-state index contributed by atoms with van der Waals surface area (Å²) in [7, 11) is 0. The summed E-state index contributed by atoms with van der Waals surface area (Å²) in [6.45, 7) is 4.79. The molecule has 76 valence electrons. The maximum Gasteiger partial charge on any atom is 0.162 e. The number of ether oxygens (including phenoxy) is 2. The average molecular weight is 192 g/mol. The van der Waals surface area contributed by atoms with Crippen molar-refractivity contribution >= 4 is 0 Å². The molecular formula is C12H16O2. The van der Waals surface area contributed by atoms with Gasteiger partial charge >= 0.3 is 0 Å². The van der Waals surface area contributed by atoms with Crippen molar-refractivity contribution in [3.05, 3.63) is 35.9 Å². The summed E-state index contributed by atoms with van der Waals surface area (Å²) in [6.07, 6.45) is 0.761. The molecule has 0 aliphatic carbocycles. The summed E-state index contributed by atoms with van der Waals surface area (Å²) in [5.41, 5.74) is 1.13. The van der Waals surface area contributed by atoms with Crippen molar-refractivity contribution in [2.45, 2.75) is 32.2 Å². The third kappa shape index (κ3) is 2.34. The molecule has 1 atom stereocenters. The van der Waals surface area contributed by atoms with Crippen LogP contribution in [0.25, 0.3) is 0 Å². The van der Waals surface area contributed by atoms with E-state index in [9.17, 15) is 0 Å². The van der Waals surface area contributed by atoms with E-state index in [1.807, 2.05) is 18.2 Å². The minimum absolute atomic E-state index is 0.0765. The van der Waals surface area contributed by atoms with E-state index in [2.05, 4.69) is 26.0 Å². The Hall–Kier alpha value is -0.860. The van der Waals surface area contributed by atoms with Crippen LogP contribution < -0.4 is 0 Å². The van der Waals surface area contributed by atoms with Crippen LogP contribution in [-0.2, 0) is 15.9 Å². The van der Waals surface area contributed by atoms with Crippen molar-refractivity contribution in [1.82, 2.24) is 0 Å². The van der Waals surface area contributed by atoms with E-state index in [0.29, 0.717) is 6.61 Å². The van der Waals surface area contributed by atoms with Gasteiger partial charge in [0.05, 0.1) is 12.2 Å². The van der Waals surface area contributed by atoms with Gasteiger partial charge in [0.15, 0.2) is 6.29 Å². The van der Waals surface area contributed by atoms with E-state index >= 15 is 0 Å². The zero-order valence-corrected chi connectivity index (χ0v) is 8.69. The van der Waals surface area contributed by atoms with E-state index in [4.69, 9.17) is 9.47 Å². The molecule has 0 bridgehead atoms. The summed E-state index contributed by atoms with van der Waals surface area (Å²) >= 11 is 0. The summed E-state index contributed by atoms with van der Waals surface area (Å²) in [5.74, 6) is 0. The van der Waals surface area contributed by atoms with Gasteiger partial charge in [-0.15, -0.1) is 0 Å². The molecule has 0 spiro atoms. The Balaban J connectivity index is 1.94. The molecule has 0 N–H and O–H groups in total.